The minimum absolute atomic E-state index is 0.0477. The number of carbonyl (C=O) groups excluding carboxylic acids is 1. The Hall–Kier alpha value is -3.15. The number of nitrogens with one attached hydrogen (secondary N) is 1. The summed E-state index contributed by atoms with van der Waals surface area (Å²) in [5.74, 6) is 0.131. The third-order valence-corrected chi connectivity index (χ3v) is 5.40. The summed E-state index contributed by atoms with van der Waals surface area (Å²) in [7, 11) is 0. The van der Waals surface area contributed by atoms with Crippen molar-refractivity contribution in [1.82, 2.24) is 15.5 Å². The molecule has 150 valence electrons. The molecule has 2 aromatic carbocycles. The van der Waals surface area contributed by atoms with E-state index in [0.717, 1.165) is 37.1 Å². The molecule has 1 N–H and O–H groups in total. The van der Waals surface area contributed by atoms with Crippen molar-refractivity contribution in [1.29, 1.82) is 0 Å². The van der Waals surface area contributed by atoms with Crippen LogP contribution in [0.2, 0.25) is 0 Å². The second-order valence-electron chi connectivity index (χ2n) is 7.34. The van der Waals surface area contributed by atoms with Crippen molar-refractivity contribution < 1.29 is 9.21 Å². The molecule has 3 aromatic rings. The summed E-state index contributed by atoms with van der Waals surface area (Å²) in [6.07, 6.45) is 2.97. The first-order valence-electron chi connectivity index (χ1n) is 10.2. The molecule has 0 unspecified atom stereocenters. The fraction of sp³-hybridized carbons (Fsp3) is 0.348. The number of amides is 1. The van der Waals surface area contributed by atoms with Crippen LogP contribution in [-0.4, -0.2) is 29.2 Å². The van der Waals surface area contributed by atoms with Crippen LogP contribution in [0.4, 0.5) is 6.01 Å². The predicted octanol–water partition coefficient (Wildman–Crippen LogP) is 4.07. The molecule has 1 aliphatic heterocycles. The van der Waals surface area contributed by atoms with Crippen LogP contribution < -0.4 is 10.2 Å². The largest absolute Gasteiger partial charge is 0.405 e. The molecule has 29 heavy (non-hydrogen) atoms. The van der Waals surface area contributed by atoms with Gasteiger partial charge in [0.25, 0.3) is 0 Å². The summed E-state index contributed by atoms with van der Waals surface area (Å²) in [6.45, 7) is 3.87. The van der Waals surface area contributed by atoms with E-state index in [1.165, 1.54) is 0 Å². The standard InChI is InChI=1S/C23H26N4O2/c1-2-19(17-11-5-3-6-12-17)21(28)24-20(18-13-7-4-8-14-18)22-25-26-23(29-22)27-15-9-10-16-27/h3-8,11-14,19-20H,2,9-10,15-16H2,1H3,(H,24,28)/t19-,20-/m1/s1. The van der Waals surface area contributed by atoms with Crippen molar-refractivity contribution in [2.75, 3.05) is 18.0 Å². The molecule has 0 saturated carbocycles. The zero-order valence-corrected chi connectivity index (χ0v) is 16.6. The summed E-state index contributed by atoms with van der Waals surface area (Å²) in [4.78, 5) is 15.3. The Morgan fingerprint density at radius 1 is 1.00 bits per heavy atom. The van der Waals surface area contributed by atoms with E-state index in [4.69, 9.17) is 4.42 Å². The van der Waals surface area contributed by atoms with E-state index in [1.807, 2.05) is 67.6 Å². The van der Waals surface area contributed by atoms with Crippen molar-refractivity contribution in [3.63, 3.8) is 0 Å². The van der Waals surface area contributed by atoms with Crippen LogP contribution >= 0.6 is 0 Å². The van der Waals surface area contributed by atoms with Gasteiger partial charge in [0, 0.05) is 13.1 Å². The second kappa shape index (κ2) is 8.90. The van der Waals surface area contributed by atoms with Crippen LogP contribution in [0.15, 0.2) is 65.1 Å². The Bertz CT molecular complexity index is 920. The van der Waals surface area contributed by atoms with Gasteiger partial charge in [-0.1, -0.05) is 72.7 Å². The minimum Gasteiger partial charge on any atom is -0.405 e. The lowest BCUT2D eigenvalue weighted by molar-refractivity contribution is -0.123. The number of nitrogens with zero attached hydrogens (tertiary/aromatic N) is 3. The summed E-state index contributed by atoms with van der Waals surface area (Å²) in [6, 6.07) is 19.7. The van der Waals surface area contributed by atoms with Gasteiger partial charge in [0.2, 0.25) is 11.8 Å². The van der Waals surface area contributed by atoms with E-state index >= 15 is 0 Å². The number of hydrogen-bond donors (Lipinski definition) is 1. The molecule has 1 aromatic heterocycles. The van der Waals surface area contributed by atoms with Gasteiger partial charge in [-0.15, -0.1) is 5.10 Å². The summed E-state index contributed by atoms with van der Waals surface area (Å²) >= 11 is 0. The number of benzene rings is 2. The highest BCUT2D eigenvalue weighted by Crippen LogP contribution is 2.27. The Kier molecular flexibility index (Phi) is 5.89. The van der Waals surface area contributed by atoms with Gasteiger partial charge in [-0.3, -0.25) is 4.79 Å². The van der Waals surface area contributed by atoms with Crippen LogP contribution in [0.25, 0.3) is 0 Å². The van der Waals surface area contributed by atoms with Crippen molar-refractivity contribution in [3.05, 3.63) is 77.7 Å². The molecule has 1 amide bonds. The van der Waals surface area contributed by atoms with Gasteiger partial charge >= 0.3 is 6.01 Å². The molecule has 1 fully saturated rings. The number of rotatable bonds is 7. The first kappa shape index (κ1) is 19.2. The zero-order chi connectivity index (χ0) is 20.1. The van der Waals surface area contributed by atoms with Crippen molar-refractivity contribution in [3.8, 4) is 0 Å². The van der Waals surface area contributed by atoms with E-state index in [1.54, 1.807) is 0 Å². The van der Waals surface area contributed by atoms with Gasteiger partial charge < -0.3 is 14.6 Å². The monoisotopic (exact) mass is 390 g/mol. The highest BCUT2D eigenvalue weighted by Gasteiger charge is 2.28. The molecule has 2 atom stereocenters. The first-order chi connectivity index (χ1) is 14.3. The van der Waals surface area contributed by atoms with Gasteiger partial charge in [0.05, 0.1) is 5.92 Å². The molecular weight excluding hydrogens is 364 g/mol. The number of aromatic nitrogens is 2. The molecule has 1 saturated heterocycles. The lowest BCUT2D eigenvalue weighted by atomic mass is 9.95. The molecule has 2 heterocycles. The Labute approximate surface area is 170 Å². The third-order valence-electron chi connectivity index (χ3n) is 5.40. The van der Waals surface area contributed by atoms with Gasteiger partial charge in [-0.05, 0) is 30.4 Å². The van der Waals surface area contributed by atoms with Crippen LogP contribution in [0.3, 0.4) is 0 Å². The van der Waals surface area contributed by atoms with Crippen LogP contribution in [0, 0.1) is 0 Å². The first-order valence-corrected chi connectivity index (χ1v) is 10.2. The van der Waals surface area contributed by atoms with Crippen molar-refractivity contribution >= 4 is 11.9 Å². The molecule has 1 aliphatic rings. The molecule has 0 aliphatic carbocycles. The maximum atomic E-state index is 13.2. The number of hydrogen-bond acceptors (Lipinski definition) is 5. The molecule has 4 rings (SSSR count). The van der Waals surface area contributed by atoms with E-state index in [-0.39, 0.29) is 11.8 Å². The number of anilines is 1. The summed E-state index contributed by atoms with van der Waals surface area (Å²) in [5.41, 5.74) is 1.92. The Morgan fingerprint density at radius 3 is 2.24 bits per heavy atom. The normalized spacial score (nSPS) is 15.8. The van der Waals surface area contributed by atoms with E-state index in [9.17, 15) is 4.79 Å². The van der Waals surface area contributed by atoms with Gasteiger partial charge in [0.15, 0.2) is 0 Å². The number of carbonyl (C=O) groups is 1. The average Bonchev–Trinajstić information content (AvgIpc) is 3.46. The SMILES string of the molecule is CC[C@@H](C(=O)N[C@H](c1ccccc1)c1nnc(N2CCCC2)o1)c1ccccc1. The zero-order valence-electron chi connectivity index (χ0n) is 16.6. The van der Waals surface area contributed by atoms with Gasteiger partial charge in [-0.25, -0.2) is 0 Å². The molecule has 6 nitrogen and oxygen atoms in total. The lowest BCUT2D eigenvalue weighted by Gasteiger charge is -2.21. The smallest absolute Gasteiger partial charge is 0.318 e. The van der Waals surface area contributed by atoms with E-state index in [2.05, 4.69) is 20.4 Å². The van der Waals surface area contributed by atoms with Gasteiger partial charge in [0.1, 0.15) is 6.04 Å². The maximum absolute atomic E-state index is 13.2. The van der Waals surface area contributed by atoms with Crippen LogP contribution in [-0.2, 0) is 4.79 Å². The van der Waals surface area contributed by atoms with Crippen LogP contribution in [0.5, 0.6) is 0 Å². The Morgan fingerprint density at radius 2 is 1.62 bits per heavy atom. The summed E-state index contributed by atoms with van der Waals surface area (Å²) in [5, 5.41) is 11.7. The van der Waals surface area contributed by atoms with Gasteiger partial charge in [-0.2, -0.15) is 0 Å². The summed E-state index contributed by atoms with van der Waals surface area (Å²) < 4.78 is 5.99. The molecule has 0 spiro atoms. The Balaban J connectivity index is 1.60. The average molecular weight is 390 g/mol. The molecule has 0 radical (unpaired) electrons. The topological polar surface area (TPSA) is 71.3 Å². The highest BCUT2D eigenvalue weighted by molar-refractivity contribution is 5.84. The van der Waals surface area contributed by atoms with Crippen molar-refractivity contribution in [2.45, 2.75) is 38.1 Å². The molecule has 6 heteroatoms. The maximum Gasteiger partial charge on any atom is 0.318 e. The second-order valence-corrected chi connectivity index (χ2v) is 7.34. The fourth-order valence-corrected chi connectivity index (χ4v) is 3.81. The quantitative estimate of drug-likeness (QED) is 0.658. The highest BCUT2D eigenvalue weighted by atomic mass is 16.4. The molecule has 0 bridgehead atoms. The van der Waals surface area contributed by atoms with E-state index in [0.29, 0.717) is 18.3 Å². The van der Waals surface area contributed by atoms with E-state index < -0.39 is 6.04 Å². The lowest BCUT2D eigenvalue weighted by Crippen LogP contribution is -2.33. The minimum atomic E-state index is -0.481. The predicted molar refractivity (Wildman–Crippen MR) is 112 cm³/mol. The van der Waals surface area contributed by atoms with Crippen molar-refractivity contribution in [2.24, 2.45) is 0 Å². The third kappa shape index (κ3) is 4.31. The van der Waals surface area contributed by atoms with Crippen LogP contribution in [0.1, 0.15) is 55.2 Å². The fourth-order valence-electron chi connectivity index (χ4n) is 3.81. The molecular formula is C23H26N4O2.